The number of rotatable bonds is 10. The van der Waals surface area contributed by atoms with Crippen molar-refractivity contribution in [3.8, 4) is 0 Å². The zero-order valence-corrected chi connectivity index (χ0v) is 12.9. The highest BCUT2D eigenvalue weighted by Crippen LogP contribution is 2.23. The first kappa shape index (κ1) is 16.0. The standard InChI is InChI=1S/C16H34N2/c1-4-6-12-18(15(3)5-2)13-11-17-14-16-9-7-8-10-16/h15-17H,4-14H2,1-3H3. The van der Waals surface area contributed by atoms with Crippen LogP contribution in [0.3, 0.4) is 0 Å². The van der Waals surface area contributed by atoms with Crippen LogP contribution in [0.5, 0.6) is 0 Å². The zero-order chi connectivity index (χ0) is 13.2. The van der Waals surface area contributed by atoms with Crippen LogP contribution in [0.1, 0.15) is 65.7 Å². The van der Waals surface area contributed by atoms with E-state index < -0.39 is 0 Å². The first-order chi connectivity index (χ1) is 8.77. The first-order valence-corrected chi connectivity index (χ1v) is 8.22. The third-order valence-corrected chi connectivity index (χ3v) is 4.50. The van der Waals surface area contributed by atoms with E-state index in [0.29, 0.717) is 0 Å². The monoisotopic (exact) mass is 254 g/mol. The van der Waals surface area contributed by atoms with Crippen molar-refractivity contribution in [3.05, 3.63) is 0 Å². The molecule has 0 aromatic carbocycles. The Morgan fingerprint density at radius 2 is 1.89 bits per heavy atom. The molecule has 0 aromatic rings. The predicted molar refractivity (Wildman–Crippen MR) is 81.1 cm³/mol. The Hall–Kier alpha value is -0.0800. The topological polar surface area (TPSA) is 15.3 Å². The molecule has 2 nitrogen and oxygen atoms in total. The lowest BCUT2D eigenvalue weighted by Gasteiger charge is -2.28. The van der Waals surface area contributed by atoms with Crippen molar-refractivity contribution in [1.82, 2.24) is 10.2 Å². The van der Waals surface area contributed by atoms with Crippen molar-refractivity contribution in [3.63, 3.8) is 0 Å². The molecule has 0 aliphatic heterocycles. The minimum Gasteiger partial charge on any atom is -0.315 e. The van der Waals surface area contributed by atoms with Crippen molar-refractivity contribution in [2.45, 2.75) is 71.8 Å². The highest BCUT2D eigenvalue weighted by atomic mass is 15.2. The van der Waals surface area contributed by atoms with Gasteiger partial charge in [0.2, 0.25) is 0 Å². The Labute approximate surface area is 115 Å². The van der Waals surface area contributed by atoms with Gasteiger partial charge in [0.05, 0.1) is 0 Å². The van der Waals surface area contributed by atoms with Crippen molar-refractivity contribution in [2.75, 3.05) is 26.2 Å². The second-order valence-corrected chi connectivity index (χ2v) is 6.00. The number of hydrogen-bond donors (Lipinski definition) is 1. The molecule has 0 aromatic heterocycles. The molecule has 0 amide bonds. The molecule has 1 rings (SSSR count). The Morgan fingerprint density at radius 1 is 1.17 bits per heavy atom. The highest BCUT2D eigenvalue weighted by Gasteiger charge is 2.15. The third kappa shape index (κ3) is 6.19. The minimum atomic E-state index is 0.741. The zero-order valence-electron chi connectivity index (χ0n) is 12.9. The van der Waals surface area contributed by atoms with Gasteiger partial charge in [-0.15, -0.1) is 0 Å². The number of hydrogen-bond acceptors (Lipinski definition) is 2. The van der Waals surface area contributed by atoms with Gasteiger partial charge in [-0.2, -0.15) is 0 Å². The highest BCUT2D eigenvalue weighted by molar-refractivity contribution is 4.71. The lowest BCUT2D eigenvalue weighted by atomic mass is 10.1. The van der Waals surface area contributed by atoms with Gasteiger partial charge in [-0.1, -0.05) is 33.1 Å². The lowest BCUT2D eigenvalue weighted by Crippen LogP contribution is -2.39. The molecule has 2 heteroatoms. The number of nitrogens with one attached hydrogen (secondary N) is 1. The maximum atomic E-state index is 3.67. The molecular formula is C16H34N2. The van der Waals surface area contributed by atoms with Gasteiger partial charge in [0.15, 0.2) is 0 Å². The summed E-state index contributed by atoms with van der Waals surface area (Å²) in [4.78, 5) is 2.66. The summed E-state index contributed by atoms with van der Waals surface area (Å²) in [6, 6.07) is 0.741. The van der Waals surface area contributed by atoms with Crippen LogP contribution < -0.4 is 5.32 Å². The van der Waals surface area contributed by atoms with Gasteiger partial charge in [-0.05, 0) is 51.6 Å². The fourth-order valence-electron chi connectivity index (χ4n) is 2.92. The summed E-state index contributed by atoms with van der Waals surface area (Å²) in [6.45, 7) is 11.9. The van der Waals surface area contributed by atoms with Gasteiger partial charge >= 0.3 is 0 Å². The van der Waals surface area contributed by atoms with Gasteiger partial charge in [0.1, 0.15) is 0 Å². The molecule has 1 fully saturated rings. The van der Waals surface area contributed by atoms with E-state index in [0.717, 1.165) is 12.0 Å². The molecule has 1 aliphatic rings. The summed E-state index contributed by atoms with van der Waals surface area (Å²) < 4.78 is 0. The summed E-state index contributed by atoms with van der Waals surface area (Å²) >= 11 is 0. The van der Waals surface area contributed by atoms with Gasteiger partial charge < -0.3 is 5.32 Å². The SMILES string of the molecule is CCCCN(CCNCC1CCCC1)C(C)CC. The smallest absolute Gasteiger partial charge is 0.0110 e. The number of nitrogens with zero attached hydrogens (tertiary/aromatic N) is 1. The van der Waals surface area contributed by atoms with Gasteiger partial charge in [0, 0.05) is 19.1 Å². The molecule has 0 heterocycles. The average molecular weight is 254 g/mol. The van der Waals surface area contributed by atoms with Crippen LogP contribution in [0.4, 0.5) is 0 Å². The van der Waals surface area contributed by atoms with Gasteiger partial charge in [0.25, 0.3) is 0 Å². The molecule has 0 bridgehead atoms. The Bertz CT molecular complexity index is 188. The lowest BCUT2D eigenvalue weighted by molar-refractivity contribution is 0.200. The van der Waals surface area contributed by atoms with E-state index in [-0.39, 0.29) is 0 Å². The maximum Gasteiger partial charge on any atom is 0.0110 e. The van der Waals surface area contributed by atoms with E-state index in [9.17, 15) is 0 Å². The molecule has 0 saturated heterocycles. The quantitative estimate of drug-likeness (QED) is 0.598. The summed E-state index contributed by atoms with van der Waals surface area (Å²) in [7, 11) is 0. The van der Waals surface area contributed by atoms with E-state index in [1.54, 1.807) is 0 Å². The average Bonchev–Trinajstić information content (AvgIpc) is 2.90. The summed E-state index contributed by atoms with van der Waals surface area (Å²) in [5, 5.41) is 3.67. The molecule has 1 saturated carbocycles. The van der Waals surface area contributed by atoms with Crippen LogP contribution in [0.15, 0.2) is 0 Å². The largest absolute Gasteiger partial charge is 0.315 e. The fraction of sp³-hybridized carbons (Fsp3) is 1.00. The van der Waals surface area contributed by atoms with Crippen molar-refractivity contribution >= 4 is 0 Å². The first-order valence-electron chi connectivity index (χ1n) is 8.22. The molecule has 1 atom stereocenters. The molecular weight excluding hydrogens is 220 g/mol. The van der Waals surface area contributed by atoms with Crippen molar-refractivity contribution in [2.24, 2.45) is 5.92 Å². The second kappa shape index (κ2) is 9.80. The summed E-state index contributed by atoms with van der Waals surface area (Å²) in [5.41, 5.74) is 0. The Morgan fingerprint density at radius 3 is 2.50 bits per heavy atom. The van der Waals surface area contributed by atoms with Crippen molar-refractivity contribution in [1.29, 1.82) is 0 Å². The van der Waals surface area contributed by atoms with Crippen LogP contribution in [-0.2, 0) is 0 Å². The number of unbranched alkanes of at least 4 members (excludes halogenated alkanes) is 1. The van der Waals surface area contributed by atoms with E-state index in [4.69, 9.17) is 0 Å². The van der Waals surface area contributed by atoms with Gasteiger partial charge in [-0.25, -0.2) is 0 Å². The summed E-state index contributed by atoms with van der Waals surface area (Å²) in [6.07, 6.45) is 9.75. The summed E-state index contributed by atoms with van der Waals surface area (Å²) in [5.74, 6) is 0.970. The molecule has 1 aliphatic carbocycles. The second-order valence-electron chi connectivity index (χ2n) is 6.00. The maximum absolute atomic E-state index is 3.67. The van der Waals surface area contributed by atoms with E-state index in [2.05, 4.69) is 31.0 Å². The molecule has 108 valence electrons. The molecule has 1 unspecified atom stereocenters. The third-order valence-electron chi connectivity index (χ3n) is 4.50. The van der Waals surface area contributed by atoms with E-state index in [1.165, 1.54) is 71.1 Å². The Balaban J connectivity index is 2.11. The van der Waals surface area contributed by atoms with E-state index in [1.807, 2.05) is 0 Å². The molecule has 1 N–H and O–H groups in total. The van der Waals surface area contributed by atoms with Gasteiger partial charge in [-0.3, -0.25) is 4.90 Å². The molecule has 18 heavy (non-hydrogen) atoms. The Kier molecular flexibility index (Phi) is 8.70. The van der Waals surface area contributed by atoms with Crippen LogP contribution in [0.25, 0.3) is 0 Å². The molecule has 0 radical (unpaired) electrons. The fourth-order valence-corrected chi connectivity index (χ4v) is 2.92. The van der Waals surface area contributed by atoms with E-state index >= 15 is 0 Å². The van der Waals surface area contributed by atoms with Crippen molar-refractivity contribution < 1.29 is 0 Å². The minimum absolute atomic E-state index is 0.741. The normalized spacial score (nSPS) is 18.7. The van der Waals surface area contributed by atoms with Crippen LogP contribution >= 0.6 is 0 Å². The molecule has 0 spiro atoms. The van der Waals surface area contributed by atoms with Crippen LogP contribution in [0, 0.1) is 5.92 Å². The van der Waals surface area contributed by atoms with Crippen LogP contribution in [0.2, 0.25) is 0 Å². The van der Waals surface area contributed by atoms with Crippen LogP contribution in [-0.4, -0.2) is 37.1 Å². The predicted octanol–water partition coefficient (Wildman–Crippen LogP) is 3.67.